The van der Waals surface area contributed by atoms with E-state index in [-0.39, 0.29) is 0 Å². The Labute approximate surface area is 114 Å². The molecule has 1 aliphatic heterocycles. The van der Waals surface area contributed by atoms with Gasteiger partial charge in [0.15, 0.2) is 0 Å². The zero-order valence-electron chi connectivity index (χ0n) is 11.3. The lowest BCUT2D eigenvalue weighted by Gasteiger charge is -2.37. The molecule has 3 heteroatoms. The van der Waals surface area contributed by atoms with E-state index in [0.29, 0.717) is 6.04 Å². The van der Waals surface area contributed by atoms with Gasteiger partial charge in [0.2, 0.25) is 0 Å². The van der Waals surface area contributed by atoms with Gasteiger partial charge in [0.05, 0.1) is 11.7 Å². The van der Waals surface area contributed by atoms with Crippen molar-refractivity contribution in [1.29, 1.82) is 0 Å². The molecule has 2 aromatic rings. The number of anilines is 1. The van der Waals surface area contributed by atoms with E-state index in [1.54, 1.807) is 0 Å². The van der Waals surface area contributed by atoms with Crippen LogP contribution in [0.5, 0.6) is 5.75 Å². The van der Waals surface area contributed by atoms with Crippen LogP contribution in [0.3, 0.4) is 0 Å². The molecule has 1 aliphatic rings. The predicted octanol–water partition coefficient (Wildman–Crippen LogP) is 2.78. The number of rotatable bonds is 3. The third-order valence-electron chi connectivity index (χ3n) is 3.77. The molecule has 0 amide bonds. The minimum Gasteiger partial charge on any atom is -0.489 e. The molecule has 0 saturated heterocycles. The number of hydrogen-bond acceptors (Lipinski definition) is 3. The molecule has 0 radical (unpaired) electrons. The van der Waals surface area contributed by atoms with Crippen LogP contribution in [0.15, 0.2) is 36.4 Å². The lowest BCUT2D eigenvalue weighted by atomic mass is 10.0. The first kappa shape index (κ1) is 12.3. The first-order chi connectivity index (χ1) is 9.31. The summed E-state index contributed by atoms with van der Waals surface area (Å²) in [6, 6.07) is 13.1. The Hall–Kier alpha value is -1.74. The Kier molecular flexibility index (Phi) is 3.30. The highest BCUT2D eigenvalue weighted by Gasteiger charge is 2.25. The SMILES string of the molecule is CC1COc2ccc3ccccc3c2N1CCCN. The van der Waals surface area contributed by atoms with E-state index in [1.165, 1.54) is 16.5 Å². The largest absolute Gasteiger partial charge is 0.489 e. The van der Waals surface area contributed by atoms with Crippen LogP contribution < -0.4 is 15.4 Å². The number of ether oxygens (including phenoxy) is 1. The highest BCUT2D eigenvalue weighted by atomic mass is 16.5. The first-order valence-electron chi connectivity index (χ1n) is 6.92. The van der Waals surface area contributed by atoms with E-state index in [0.717, 1.165) is 31.9 Å². The minimum absolute atomic E-state index is 0.393. The average molecular weight is 256 g/mol. The summed E-state index contributed by atoms with van der Waals surface area (Å²) < 4.78 is 5.88. The number of nitrogens with zero attached hydrogens (tertiary/aromatic N) is 1. The van der Waals surface area contributed by atoms with Gasteiger partial charge in [-0.3, -0.25) is 0 Å². The van der Waals surface area contributed by atoms with Gasteiger partial charge in [-0.05, 0) is 31.3 Å². The molecule has 19 heavy (non-hydrogen) atoms. The van der Waals surface area contributed by atoms with Crippen LogP contribution >= 0.6 is 0 Å². The molecule has 0 bridgehead atoms. The van der Waals surface area contributed by atoms with Gasteiger partial charge < -0.3 is 15.4 Å². The smallest absolute Gasteiger partial charge is 0.143 e. The van der Waals surface area contributed by atoms with Crippen molar-refractivity contribution in [3.05, 3.63) is 36.4 Å². The molecule has 1 atom stereocenters. The summed E-state index contributed by atoms with van der Waals surface area (Å²) in [7, 11) is 0. The van der Waals surface area contributed by atoms with Crippen molar-refractivity contribution in [2.45, 2.75) is 19.4 Å². The highest BCUT2D eigenvalue weighted by molar-refractivity contribution is 5.97. The molecule has 3 rings (SSSR count). The van der Waals surface area contributed by atoms with Crippen LogP contribution in [0.1, 0.15) is 13.3 Å². The summed E-state index contributed by atoms with van der Waals surface area (Å²) in [4.78, 5) is 2.44. The number of hydrogen-bond donors (Lipinski definition) is 1. The highest BCUT2D eigenvalue weighted by Crippen LogP contribution is 2.40. The van der Waals surface area contributed by atoms with Crippen molar-refractivity contribution >= 4 is 16.5 Å². The number of benzene rings is 2. The quantitative estimate of drug-likeness (QED) is 0.917. The minimum atomic E-state index is 0.393. The summed E-state index contributed by atoms with van der Waals surface area (Å²) in [5, 5.41) is 2.53. The zero-order chi connectivity index (χ0) is 13.2. The standard InChI is InChI=1S/C16H20N2O/c1-12-11-19-15-8-7-13-5-2-3-6-14(13)16(15)18(12)10-4-9-17/h2-3,5-8,12H,4,9-11,17H2,1H3. The van der Waals surface area contributed by atoms with Crippen molar-refractivity contribution in [3.63, 3.8) is 0 Å². The van der Waals surface area contributed by atoms with Crippen LogP contribution in [0.4, 0.5) is 5.69 Å². The van der Waals surface area contributed by atoms with E-state index in [1.807, 2.05) is 0 Å². The number of fused-ring (bicyclic) bond motifs is 3. The summed E-state index contributed by atoms with van der Waals surface area (Å²) in [5.41, 5.74) is 6.89. The van der Waals surface area contributed by atoms with Crippen molar-refractivity contribution in [3.8, 4) is 5.75 Å². The van der Waals surface area contributed by atoms with Crippen molar-refractivity contribution < 1.29 is 4.74 Å². The molecular formula is C16H20N2O. The maximum Gasteiger partial charge on any atom is 0.143 e. The van der Waals surface area contributed by atoms with E-state index in [2.05, 4.69) is 48.2 Å². The fourth-order valence-electron chi connectivity index (χ4n) is 2.76. The van der Waals surface area contributed by atoms with E-state index >= 15 is 0 Å². The maximum absolute atomic E-state index is 5.88. The molecule has 0 fully saturated rings. The fourth-order valence-corrected chi connectivity index (χ4v) is 2.76. The molecule has 3 nitrogen and oxygen atoms in total. The second kappa shape index (κ2) is 5.10. The second-order valence-corrected chi connectivity index (χ2v) is 5.13. The molecule has 0 aliphatic carbocycles. The molecule has 0 aromatic heterocycles. The number of nitrogens with two attached hydrogens (primary N) is 1. The first-order valence-corrected chi connectivity index (χ1v) is 6.92. The molecule has 0 spiro atoms. The Morgan fingerprint density at radius 1 is 1.26 bits per heavy atom. The third kappa shape index (κ3) is 2.15. The van der Waals surface area contributed by atoms with Gasteiger partial charge in [0.1, 0.15) is 12.4 Å². The zero-order valence-corrected chi connectivity index (χ0v) is 11.3. The lowest BCUT2D eigenvalue weighted by molar-refractivity contribution is 0.270. The fraction of sp³-hybridized carbons (Fsp3) is 0.375. The van der Waals surface area contributed by atoms with Gasteiger partial charge >= 0.3 is 0 Å². The second-order valence-electron chi connectivity index (χ2n) is 5.13. The van der Waals surface area contributed by atoms with Crippen LogP contribution in [0.2, 0.25) is 0 Å². The molecular weight excluding hydrogens is 236 g/mol. The Bertz CT molecular complexity index is 582. The van der Waals surface area contributed by atoms with E-state index in [4.69, 9.17) is 10.5 Å². The van der Waals surface area contributed by atoms with E-state index < -0.39 is 0 Å². The molecule has 2 N–H and O–H groups in total. The van der Waals surface area contributed by atoms with Gasteiger partial charge in [-0.1, -0.05) is 30.3 Å². The molecule has 1 heterocycles. The monoisotopic (exact) mass is 256 g/mol. The van der Waals surface area contributed by atoms with Crippen LogP contribution in [0.25, 0.3) is 10.8 Å². The van der Waals surface area contributed by atoms with Gasteiger partial charge in [0, 0.05) is 11.9 Å². The van der Waals surface area contributed by atoms with Gasteiger partial charge in [-0.25, -0.2) is 0 Å². The molecule has 1 unspecified atom stereocenters. The summed E-state index contributed by atoms with van der Waals surface area (Å²) in [6.07, 6.45) is 1.01. The summed E-state index contributed by atoms with van der Waals surface area (Å²) in [5.74, 6) is 0.994. The molecule has 2 aromatic carbocycles. The molecule has 0 saturated carbocycles. The summed E-state index contributed by atoms with van der Waals surface area (Å²) >= 11 is 0. The predicted molar refractivity (Wildman–Crippen MR) is 79.9 cm³/mol. The Morgan fingerprint density at radius 3 is 2.95 bits per heavy atom. The summed E-state index contributed by atoms with van der Waals surface area (Å²) in [6.45, 7) is 4.67. The third-order valence-corrected chi connectivity index (χ3v) is 3.77. The van der Waals surface area contributed by atoms with Crippen LogP contribution in [0, 0.1) is 0 Å². The Balaban J connectivity index is 2.13. The van der Waals surface area contributed by atoms with E-state index in [9.17, 15) is 0 Å². The van der Waals surface area contributed by atoms with Crippen molar-refractivity contribution in [1.82, 2.24) is 0 Å². The molecule has 100 valence electrons. The average Bonchev–Trinajstić information content (AvgIpc) is 2.46. The van der Waals surface area contributed by atoms with Gasteiger partial charge in [-0.15, -0.1) is 0 Å². The van der Waals surface area contributed by atoms with Crippen molar-refractivity contribution in [2.24, 2.45) is 5.73 Å². The van der Waals surface area contributed by atoms with Crippen molar-refractivity contribution in [2.75, 3.05) is 24.6 Å². The normalized spacial score (nSPS) is 18.2. The van der Waals surface area contributed by atoms with Gasteiger partial charge in [-0.2, -0.15) is 0 Å². The van der Waals surface area contributed by atoms with Gasteiger partial charge in [0.25, 0.3) is 0 Å². The maximum atomic E-state index is 5.88. The Morgan fingerprint density at radius 2 is 2.11 bits per heavy atom. The van der Waals surface area contributed by atoms with Crippen LogP contribution in [-0.4, -0.2) is 25.7 Å². The van der Waals surface area contributed by atoms with Crippen LogP contribution in [-0.2, 0) is 0 Å². The topological polar surface area (TPSA) is 38.5 Å². The lowest BCUT2D eigenvalue weighted by Crippen LogP contribution is -2.42.